The predicted molar refractivity (Wildman–Crippen MR) is 57.4 cm³/mol. The van der Waals surface area contributed by atoms with Crippen LogP contribution in [0.3, 0.4) is 0 Å². The van der Waals surface area contributed by atoms with Crippen molar-refractivity contribution in [1.82, 2.24) is 14.5 Å². The van der Waals surface area contributed by atoms with Crippen LogP contribution in [0.5, 0.6) is 0 Å². The van der Waals surface area contributed by atoms with E-state index in [-0.39, 0.29) is 11.9 Å². The van der Waals surface area contributed by atoms with E-state index < -0.39 is 0 Å². The molecule has 0 aromatic carbocycles. The van der Waals surface area contributed by atoms with Crippen LogP contribution in [0.25, 0.3) is 0 Å². The minimum Gasteiger partial charge on any atom is -0.341 e. The monoisotopic (exact) mass is 207 g/mol. The Morgan fingerprint density at radius 1 is 1.33 bits per heavy atom. The van der Waals surface area contributed by atoms with E-state index in [1.807, 2.05) is 22.6 Å². The Bertz CT molecular complexity index is 315. The van der Waals surface area contributed by atoms with E-state index in [0.717, 1.165) is 25.9 Å². The summed E-state index contributed by atoms with van der Waals surface area (Å²) in [6.45, 7) is 3.76. The number of likely N-dealkylation sites (tertiary alicyclic amines) is 1. The third-order valence-corrected chi connectivity index (χ3v) is 3.00. The van der Waals surface area contributed by atoms with Crippen LogP contribution in [0.15, 0.2) is 18.7 Å². The molecule has 1 fully saturated rings. The third-order valence-electron chi connectivity index (χ3n) is 3.00. The van der Waals surface area contributed by atoms with Gasteiger partial charge in [-0.05, 0) is 26.2 Å². The minimum atomic E-state index is -0.120. The van der Waals surface area contributed by atoms with Gasteiger partial charge in [0.05, 0.1) is 6.33 Å². The number of hydrogen-bond donors (Lipinski definition) is 0. The van der Waals surface area contributed by atoms with Crippen molar-refractivity contribution in [2.45, 2.75) is 32.2 Å². The first kappa shape index (κ1) is 10.2. The fourth-order valence-electron chi connectivity index (χ4n) is 2.00. The maximum absolute atomic E-state index is 12.1. The molecular formula is C11H17N3O. The van der Waals surface area contributed by atoms with Crippen molar-refractivity contribution in [3.05, 3.63) is 18.7 Å². The van der Waals surface area contributed by atoms with Gasteiger partial charge >= 0.3 is 0 Å². The van der Waals surface area contributed by atoms with E-state index >= 15 is 0 Å². The van der Waals surface area contributed by atoms with Crippen LogP contribution in [0.2, 0.25) is 0 Å². The van der Waals surface area contributed by atoms with Crippen LogP contribution in [-0.4, -0.2) is 33.4 Å². The molecule has 2 rings (SSSR count). The molecule has 0 saturated carbocycles. The van der Waals surface area contributed by atoms with Gasteiger partial charge in [0.15, 0.2) is 0 Å². The SMILES string of the molecule is CC(C(=O)N1CCCCC1)n1ccnc1. The third kappa shape index (κ3) is 2.19. The van der Waals surface area contributed by atoms with Crippen molar-refractivity contribution < 1.29 is 4.79 Å². The lowest BCUT2D eigenvalue weighted by Gasteiger charge is -2.29. The lowest BCUT2D eigenvalue weighted by molar-refractivity contribution is -0.135. The molecule has 0 spiro atoms. The number of carbonyl (C=O) groups is 1. The molecule has 1 saturated heterocycles. The molecule has 82 valence electrons. The second-order valence-corrected chi connectivity index (χ2v) is 4.07. The van der Waals surface area contributed by atoms with Crippen molar-refractivity contribution in [2.75, 3.05) is 13.1 Å². The Morgan fingerprint density at radius 2 is 2.07 bits per heavy atom. The quantitative estimate of drug-likeness (QED) is 0.736. The van der Waals surface area contributed by atoms with Gasteiger partial charge in [-0.15, -0.1) is 0 Å². The summed E-state index contributed by atoms with van der Waals surface area (Å²) >= 11 is 0. The highest BCUT2D eigenvalue weighted by atomic mass is 16.2. The summed E-state index contributed by atoms with van der Waals surface area (Å²) in [6.07, 6.45) is 8.78. The number of hydrogen-bond acceptors (Lipinski definition) is 2. The van der Waals surface area contributed by atoms with Crippen LogP contribution >= 0.6 is 0 Å². The molecule has 15 heavy (non-hydrogen) atoms. The topological polar surface area (TPSA) is 38.1 Å². The summed E-state index contributed by atoms with van der Waals surface area (Å²) in [5.41, 5.74) is 0. The molecule has 1 aliphatic rings. The van der Waals surface area contributed by atoms with Gasteiger partial charge in [-0.1, -0.05) is 0 Å². The lowest BCUT2D eigenvalue weighted by Crippen LogP contribution is -2.39. The number of aromatic nitrogens is 2. The van der Waals surface area contributed by atoms with Crippen LogP contribution in [0.1, 0.15) is 32.2 Å². The highest BCUT2D eigenvalue weighted by molar-refractivity contribution is 5.80. The van der Waals surface area contributed by atoms with Gasteiger partial charge in [0.25, 0.3) is 0 Å². The van der Waals surface area contributed by atoms with E-state index in [1.54, 1.807) is 12.5 Å². The molecule has 1 atom stereocenters. The number of piperidine rings is 1. The molecule has 0 N–H and O–H groups in total. The fraction of sp³-hybridized carbons (Fsp3) is 0.636. The second kappa shape index (κ2) is 4.47. The Kier molecular flexibility index (Phi) is 3.04. The average Bonchev–Trinajstić information content (AvgIpc) is 2.82. The first-order valence-electron chi connectivity index (χ1n) is 5.55. The summed E-state index contributed by atoms with van der Waals surface area (Å²) < 4.78 is 1.86. The summed E-state index contributed by atoms with van der Waals surface area (Å²) in [4.78, 5) is 18.0. The highest BCUT2D eigenvalue weighted by Crippen LogP contribution is 2.15. The van der Waals surface area contributed by atoms with Crippen molar-refractivity contribution in [3.63, 3.8) is 0 Å². The van der Waals surface area contributed by atoms with Crippen molar-refractivity contribution in [2.24, 2.45) is 0 Å². The number of amides is 1. The number of nitrogens with zero attached hydrogens (tertiary/aromatic N) is 3. The fourth-order valence-corrected chi connectivity index (χ4v) is 2.00. The van der Waals surface area contributed by atoms with E-state index in [4.69, 9.17) is 0 Å². The van der Waals surface area contributed by atoms with Gasteiger partial charge in [-0.25, -0.2) is 4.98 Å². The van der Waals surface area contributed by atoms with Crippen molar-refractivity contribution in [3.8, 4) is 0 Å². The zero-order valence-corrected chi connectivity index (χ0v) is 9.09. The molecule has 4 nitrogen and oxygen atoms in total. The van der Waals surface area contributed by atoms with E-state index in [2.05, 4.69) is 4.98 Å². The zero-order valence-electron chi connectivity index (χ0n) is 9.09. The van der Waals surface area contributed by atoms with Gasteiger partial charge in [0, 0.05) is 25.5 Å². The van der Waals surface area contributed by atoms with E-state index in [0.29, 0.717) is 0 Å². The standard InChI is InChI=1S/C11H17N3O/c1-10(14-8-5-12-9-14)11(15)13-6-3-2-4-7-13/h5,8-10H,2-4,6-7H2,1H3. The summed E-state index contributed by atoms with van der Waals surface area (Å²) in [6, 6.07) is -0.120. The van der Waals surface area contributed by atoms with Crippen molar-refractivity contribution >= 4 is 5.91 Å². The van der Waals surface area contributed by atoms with Crippen LogP contribution in [0, 0.1) is 0 Å². The Hall–Kier alpha value is -1.32. The van der Waals surface area contributed by atoms with Gasteiger partial charge in [0.1, 0.15) is 6.04 Å². The lowest BCUT2D eigenvalue weighted by atomic mass is 10.1. The van der Waals surface area contributed by atoms with Crippen LogP contribution in [-0.2, 0) is 4.79 Å². The average molecular weight is 207 g/mol. The minimum absolute atomic E-state index is 0.120. The first-order chi connectivity index (χ1) is 7.29. The Morgan fingerprint density at radius 3 is 2.67 bits per heavy atom. The van der Waals surface area contributed by atoms with Crippen molar-refractivity contribution in [1.29, 1.82) is 0 Å². The molecular weight excluding hydrogens is 190 g/mol. The van der Waals surface area contributed by atoms with Gasteiger partial charge in [0.2, 0.25) is 5.91 Å². The molecule has 1 aliphatic heterocycles. The maximum atomic E-state index is 12.1. The van der Waals surface area contributed by atoms with Crippen LogP contribution in [0.4, 0.5) is 0 Å². The molecule has 0 aliphatic carbocycles. The smallest absolute Gasteiger partial charge is 0.245 e. The second-order valence-electron chi connectivity index (χ2n) is 4.07. The van der Waals surface area contributed by atoms with Gasteiger partial charge in [-0.3, -0.25) is 4.79 Å². The molecule has 4 heteroatoms. The number of imidazole rings is 1. The summed E-state index contributed by atoms with van der Waals surface area (Å²) in [7, 11) is 0. The molecule has 2 heterocycles. The molecule has 0 bridgehead atoms. The summed E-state index contributed by atoms with van der Waals surface area (Å²) in [5.74, 6) is 0.215. The molecule has 0 radical (unpaired) electrons. The highest BCUT2D eigenvalue weighted by Gasteiger charge is 2.22. The van der Waals surface area contributed by atoms with E-state index in [9.17, 15) is 4.79 Å². The number of rotatable bonds is 2. The Labute approximate surface area is 89.9 Å². The molecule has 1 unspecified atom stereocenters. The largest absolute Gasteiger partial charge is 0.341 e. The molecule has 1 aromatic rings. The first-order valence-corrected chi connectivity index (χ1v) is 5.55. The zero-order chi connectivity index (χ0) is 10.7. The normalized spacial score (nSPS) is 18.9. The Balaban J connectivity index is 2.00. The van der Waals surface area contributed by atoms with E-state index in [1.165, 1.54) is 6.42 Å². The van der Waals surface area contributed by atoms with Gasteiger partial charge < -0.3 is 9.47 Å². The maximum Gasteiger partial charge on any atom is 0.245 e. The van der Waals surface area contributed by atoms with Crippen LogP contribution < -0.4 is 0 Å². The molecule has 1 aromatic heterocycles. The predicted octanol–water partition coefficient (Wildman–Crippen LogP) is 1.46. The number of carbonyl (C=O) groups excluding carboxylic acids is 1. The molecule has 1 amide bonds. The summed E-state index contributed by atoms with van der Waals surface area (Å²) in [5, 5.41) is 0. The van der Waals surface area contributed by atoms with Gasteiger partial charge in [-0.2, -0.15) is 0 Å².